The molecule has 20 heavy (non-hydrogen) atoms. The summed E-state index contributed by atoms with van der Waals surface area (Å²) in [5, 5.41) is 0. The molecule has 0 unspecified atom stereocenters. The van der Waals surface area contributed by atoms with Gasteiger partial charge in [-0.2, -0.15) is 0 Å². The molecule has 0 saturated heterocycles. The van der Waals surface area contributed by atoms with E-state index in [1.54, 1.807) is 0 Å². The van der Waals surface area contributed by atoms with Crippen LogP contribution in [0.1, 0.15) is 32.0 Å². The van der Waals surface area contributed by atoms with Gasteiger partial charge in [0.1, 0.15) is 0 Å². The Hall–Kier alpha value is -2.09. The summed E-state index contributed by atoms with van der Waals surface area (Å²) in [6.45, 7) is 8.76. The van der Waals surface area contributed by atoms with E-state index in [-0.39, 0.29) is 5.41 Å². The predicted octanol–water partition coefficient (Wildman–Crippen LogP) is 4.61. The van der Waals surface area contributed by atoms with E-state index in [0.29, 0.717) is 0 Å². The largest absolute Gasteiger partial charge is 0.320 e. The van der Waals surface area contributed by atoms with E-state index in [1.165, 1.54) is 11.1 Å². The molecule has 2 nitrogen and oxygen atoms in total. The van der Waals surface area contributed by atoms with Gasteiger partial charge in [0, 0.05) is 18.0 Å². The summed E-state index contributed by atoms with van der Waals surface area (Å²) in [6, 6.07) is 12.9. The van der Waals surface area contributed by atoms with E-state index < -0.39 is 0 Å². The van der Waals surface area contributed by atoms with E-state index >= 15 is 0 Å². The van der Waals surface area contributed by atoms with Crippen LogP contribution >= 0.6 is 0 Å². The molecule has 0 fully saturated rings. The third-order valence-corrected chi connectivity index (χ3v) is 3.75. The van der Waals surface area contributed by atoms with E-state index in [2.05, 4.69) is 80.9 Å². The van der Waals surface area contributed by atoms with E-state index in [0.717, 1.165) is 17.0 Å². The lowest BCUT2D eigenvalue weighted by Crippen LogP contribution is -2.10. The van der Waals surface area contributed by atoms with Crippen LogP contribution in [0.25, 0.3) is 16.8 Å². The van der Waals surface area contributed by atoms with Gasteiger partial charge in [-0.1, -0.05) is 45.0 Å². The monoisotopic (exact) mass is 264 g/mol. The van der Waals surface area contributed by atoms with Crippen LogP contribution < -0.4 is 0 Å². The van der Waals surface area contributed by atoms with Crippen molar-refractivity contribution in [3.8, 4) is 11.3 Å². The molecule has 0 bridgehead atoms. The van der Waals surface area contributed by atoms with Crippen molar-refractivity contribution >= 4 is 5.52 Å². The van der Waals surface area contributed by atoms with Gasteiger partial charge in [-0.3, -0.25) is 0 Å². The summed E-state index contributed by atoms with van der Waals surface area (Å²) in [4.78, 5) is 4.71. The zero-order valence-corrected chi connectivity index (χ0v) is 12.5. The zero-order valence-electron chi connectivity index (χ0n) is 12.5. The fourth-order valence-corrected chi connectivity index (χ4v) is 2.49. The molecule has 0 saturated carbocycles. The van der Waals surface area contributed by atoms with E-state index in [1.807, 2.05) is 0 Å². The molecule has 102 valence electrons. The van der Waals surface area contributed by atoms with Crippen LogP contribution in [0.3, 0.4) is 0 Å². The van der Waals surface area contributed by atoms with Gasteiger partial charge in [0.2, 0.25) is 0 Å². The lowest BCUT2D eigenvalue weighted by atomic mass is 9.86. The quantitative estimate of drug-likeness (QED) is 0.627. The van der Waals surface area contributed by atoms with Gasteiger partial charge in [-0.25, -0.2) is 4.98 Å². The van der Waals surface area contributed by atoms with Crippen LogP contribution in [-0.2, 0) is 5.41 Å². The molecular formula is C18H20N2. The molecule has 0 N–H and O–H groups in total. The number of fused-ring (bicyclic) bond motifs is 1. The molecule has 0 amide bonds. The Balaban J connectivity index is 2.06. The predicted molar refractivity (Wildman–Crippen MR) is 84.1 cm³/mol. The first-order chi connectivity index (χ1) is 9.45. The Labute approximate surface area is 120 Å². The molecular weight excluding hydrogens is 244 g/mol. The van der Waals surface area contributed by atoms with Gasteiger partial charge in [0.15, 0.2) is 0 Å². The normalized spacial score (nSPS) is 12.0. The van der Waals surface area contributed by atoms with Crippen molar-refractivity contribution in [2.45, 2.75) is 33.1 Å². The standard InChI is InChI=1S/C18H20N2/c1-13-17-6-5-11-20(17)12-16(19-13)14-7-9-15(10-8-14)18(2,3)4/h5-12H,1-4H3. The molecule has 0 spiro atoms. The maximum atomic E-state index is 4.71. The summed E-state index contributed by atoms with van der Waals surface area (Å²) >= 11 is 0. The minimum atomic E-state index is 0.187. The van der Waals surface area contributed by atoms with Gasteiger partial charge in [0.05, 0.1) is 16.9 Å². The Morgan fingerprint density at radius 2 is 1.70 bits per heavy atom. The van der Waals surface area contributed by atoms with Crippen LogP contribution in [0, 0.1) is 6.92 Å². The lowest BCUT2D eigenvalue weighted by molar-refractivity contribution is 0.590. The number of hydrogen-bond donors (Lipinski definition) is 0. The molecule has 2 heteroatoms. The van der Waals surface area contributed by atoms with Crippen LogP contribution in [0.5, 0.6) is 0 Å². The smallest absolute Gasteiger partial charge is 0.0871 e. The number of hydrogen-bond acceptors (Lipinski definition) is 1. The first kappa shape index (κ1) is 12.9. The minimum Gasteiger partial charge on any atom is -0.320 e. The van der Waals surface area contributed by atoms with Crippen molar-refractivity contribution in [1.29, 1.82) is 0 Å². The van der Waals surface area contributed by atoms with Crippen molar-refractivity contribution in [3.05, 3.63) is 60.0 Å². The Morgan fingerprint density at radius 3 is 2.35 bits per heavy atom. The lowest BCUT2D eigenvalue weighted by Gasteiger charge is -2.19. The first-order valence-electron chi connectivity index (χ1n) is 7.00. The van der Waals surface area contributed by atoms with Crippen LogP contribution in [0.15, 0.2) is 48.8 Å². The Morgan fingerprint density at radius 1 is 1.00 bits per heavy atom. The second kappa shape index (κ2) is 4.48. The summed E-state index contributed by atoms with van der Waals surface area (Å²) in [7, 11) is 0. The second-order valence-electron chi connectivity index (χ2n) is 6.34. The molecule has 2 aromatic heterocycles. The van der Waals surface area contributed by atoms with Crippen LogP contribution in [-0.4, -0.2) is 9.38 Å². The number of nitrogens with zero attached hydrogens (tertiary/aromatic N) is 2. The number of benzene rings is 1. The summed E-state index contributed by atoms with van der Waals surface area (Å²) in [6.07, 6.45) is 4.16. The number of rotatable bonds is 1. The second-order valence-corrected chi connectivity index (χ2v) is 6.34. The number of aromatic nitrogens is 2. The minimum absolute atomic E-state index is 0.187. The maximum absolute atomic E-state index is 4.71. The van der Waals surface area contributed by atoms with Crippen LogP contribution in [0.2, 0.25) is 0 Å². The topological polar surface area (TPSA) is 17.3 Å². The molecule has 0 aliphatic heterocycles. The molecule has 0 aliphatic rings. The van der Waals surface area contributed by atoms with Crippen molar-refractivity contribution in [1.82, 2.24) is 9.38 Å². The van der Waals surface area contributed by atoms with Gasteiger partial charge in [-0.05, 0) is 30.0 Å². The molecule has 3 aromatic rings. The molecule has 1 aromatic carbocycles. The summed E-state index contributed by atoms with van der Waals surface area (Å²) in [5.74, 6) is 0. The average molecular weight is 264 g/mol. The SMILES string of the molecule is Cc1nc(-c2ccc(C(C)(C)C)cc2)cn2cccc12. The highest BCUT2D eigenvalue weighted by molar-refractivity contribution is 5.63. The first-order valence-corrected chi connectivity index (χ1v) is 7.00. The Kier molecular flexibility index (Phi) is 2.89. The third kappa shape index (κ3) is 2.22. The van der Waals surface area contributed by atoms with Crippen LogP contribution in [0.4, 0.5) is 0 Å². The highest BCUT2D eigenvalue weighted by Crippen LogP contribution is 2.26. The fraction of sp³-hybridized carbons (Fsp3) is 0.278. The zero-order chi connectivity index (χ0) is 14.3. The summed E-state index contributed by atoms with van der Waals surface area (Å²) < 4.78 is 2.13. The molecule has 0 atom stereocenters. The van der Waals surface area contributed by atoms with Crippen molar-refractivity contribution in [2.24, 2.45) is 0 Å². The highest BCUT2D eigenvalue weighted by atomic mass is 14.9. The van der Waals surface area contributed by atoms with Crippen molar-refractivity contribution in [2.75, 3.05) is 0 Å². The van der Waals surface area contributed by atoms with Gasteiger partial charge in [0.25, 0.3) is 0 Å². The third-order valence-electron chi connectivity index (χ3n) is 3.75. The van der Waals surface area contributed by atoms with Gasteiger partial charge < -0.3 is 4.40 Å². The molecule has 2 heterocycles. The maximum Gasteiger partial charge on any atom is 0.0871 e. The number of aryl methyl sites for hydroxylation is 1. The molecule has 0 radical (unpaired) electrons. The van der Waals surface area contributed by atoms with Gasteiger partial charge >= 0.3 is 0 Å². The summed E-state index contributed by atoms with van der Waals surface area (Å²) in [5.41, 5.74) is 5.95. The Bertz CT molecular complexity index is 743. The van der Waals surface area contributed by atoms with E-state index in [9.17, 15) is 0 Å². The highest BCUT2D eigenvalue weighted by Gasteiger charge is 2.13. The van der Waals surface area contributed by atoms with Crippen molar-refractivity contribution in [3.63, 3.8) is 0 Å². The molecule has 0 aliphatic carbocycles. The van der Waals surface area contributed by atoms with Crippen molar-refractivity contribution < 1.29 is 0 Å². The van der Waals surface area contributed by atoms with Gasteiger partial charge in [-0.15, -0.1) is 0 Å². The average Bonchev–Trinajstić information content (AvgIpc) is 2.86. The molecule has 3 rings (SSSR count). The fourth-order valence-electron chi connectivity index (χ4n) is 2.49. The van der Waals surface area contributed by atoms with E-state index in [4.69, 9.17) is 4.98 Å².